The largest absolute Gasteiger partial charge is 0.437 e. The predicted molar refractivity (Wildman–Crippen MR) is 68.6 cm³/mol. The summed E-state index contributed by atoms with van der Waals surface area (Å²) in [5.41, 5.74) is 3.09. The monoisotopic (exact) mass is 269 g/mol. The molecule has 0 saturated carbocycles. The molecule has 0 radical (unpaired) electrons. The van der Waals surface area contributed by atoms with E-state index in [1.54, 1.807) is 36.5 Å². The minimum absolute atomic E-state index is 0.332. The van der Waals surface area contributed by atoms with E-state index in [1.165, 1.54) is 0 Å². The van der Waals surface area contributed by atoms with Crippen molar-refractivity contribution in [3.8, 4) is 11.6 Å². The molecule has 0 spiro atoms. The van der Waals surface area contributed by atoms with Crippen LogP contribution >= 0.6 is 23.2 Å². The molecule has 1 aromatic heterocycles. The summed E-state index contributed by atoms with van der Waals surface area (Å²) in [5.74, 6) is 6.14. The summed E-state index contributed by atoms with van der Waals surface area (Å²) in [6.45, 7) is 0. The van der Waals surface area contributed by atoms with Crippen molar-refractivity contribution >= 4 is 28.9 Å². The zero-order valence-corrected chi connectivity index (χ0v) is 10.2. The van der Waals surface area contributed by atoms with Crippen LogP contribution in [0.4, 0.5) is 5.69 Å². The summed E-state index contributed by atoms with van der Waals surface area (Å²) in [5, 5.41) is 0.890. The lowest BCUT2D eigenvalue weighted by Crippen LogP contribution is -2.06. The summed E-state index contributed by atoms with van der Waals surface area (Å²) < 4.78 is 5.49. The van der Waals surface area contributed by atoms with Crippen molar-refractivity contribution < 1.29 is 4.74 Å². The highest BCUT2D eigenvalue weighted by Gasteiger charge is 2.06. The van der Waals surface area contributed by atoms with Gasteiger partial charge in [0.2, 0.25) is 5.88 Å². The van der Waals surface area contributed by atoms with Gasteiger partial charge >= 0.3 is 0 Å². The van der Waals surface area contributed by atoms with Gasteiger partial charge in [0, 0.05) is 12.3 Å². The Morgan fingerprint density at radius 3 is 2.65 bits per heavy atom. The van der Waals surface area contributed by atoms with Gasteiger partial charge in [-0.05, 0) is 24.3 Å². The van der Waals surface area contributed by atoms with Gasteiger partial charge in [-0.2, -0.15) is 0 Å². The number of hydrogen-bond donors (Lipinski definition) is 2. The molecule has 1 heterocycles. The molecule has 0 bridgehead atoms. The molecule has 2 aromatic rings. The average Bonchev–Trinajstić information content (AvgIpc) is 2.32. The van der Waals surface area contributed by atoms with Crippen molar-refractivity contribution in [1.29, 1.82) is 0 Å². The minimum atomic E-state index is 0.332. The SMILES string of the molecule is NNc1ccc(Oc2ncccc2Cl)cc1Cl. The second-order valence-corrected chi connectivity index (χ2v) is 3.99. The van der Waals surface area contributed by atoms with Gasteiger partial charge in [0.1, 0.15) is 10.8 Å². The highest BCUT2D eigenvalue weighted by atomic mass is 35.5. The number of halogens is 2. The lowest BCUT2D eigenvalue weighted by atomic mass is 10.3. The van der Waals surface area contributed by atoms with E-state index in [0.717, 1.165) is 0 Å². The average molecular weight is 270 g/mol. The number of pyridine rings is 1. The second kappa shape index (κ2) is 5.23. The van der Waals surface area contributed by atoms with Gasteiger partial charge in [0.05, 0.1) is 10.7 Å². The third-order valence-corrected chi connectivity index (χ3v) is 2.64. The summed E-state index contributed by atoms with van der Waals surface area (Å²) in [4.78, 5) is 4.01. The number of nitrogen functional groups attached to an aromatic ring is 1. The number of nitrogens with zero attached hydrogens (tertiary/aromatic N) is 1. The van der Waals surface area contributed by atoms with Crippen LogP contribution in [-0.4, -0.2) is 4.98 Å². The van der Waals surface area contributed by atoms with Crippen LogP contribution in [0.2, 0.25) is 10.0 Å². The van der Waals surface area contributed by atoms with E-state index in [-0.39, 0.29) is 0 Å². The maximum atomic E-state index is 5.96. The molecule has 4 nitrogen and oxygen atoms in total. The molecule has 3 N–H and O–H groups in total. The first-order valence-corrected chi connectivity index (χ1v) is 5.51. The van der Waals surface area contributed by atoms with Gasteiger partial charge in [0.25, 0.3) is 0 Å². The van der Waals surface area contributed by atoms with Crippen LogP contribution in [0.1, 0.15) is 0 Å². The number of nitrogens with one attached hydrogen (secondary N) is 1. The lowest BCUT2D eigenvalue weighted by molar-refractivity contribution is 0.463. The van der Waals surface area contributed by atoms with Crippen molar-refractivity contribution in [2.75, 3.05) is 5.43 Å². The Bertz CT molecular complexity index is 534. The quantitative estimate of drug-likeness (QED) is 0.662. The molecule has 1 aromatic carbocycles. The van der Waals surface area contributed by atoms with E-state index < -0.39 is 0 Å². The zero-order valence-electron chi connectivity index (χ0n) is 8.65. The first-order chi connectivity index (χ1) is 8.20. The fourth-order valence-corrected chi connectivity index (χ4v) is 1.62. The smallest absolute Gasteiger partial charge is 0.238 e. The lowest BCUT2D eigenvalue weighted by Gasteiger charge is -2.08. The Hall–Kier alpha value is -1.49. The van der Waals surface area contributed by atoms with Crippen LogP contribution in [0.25, 0.3) is 0 Å². The molecular weight excluding hydrogens is 261 g/mol. The second-order valence-electron chi connectivity index (χ2n) is 3.18. The molecule has 2 rings (SSSR count). The van der Waals surface area contributed by atoms with Gasteiger partial charge in [-0.3, -0.25) is 5.84 Å². The number of ether oxygens (including phenoxy) is 1. The molecule has 0 aliphatic heterocycles. The van der Waals surface area contributed by atoms with E-state index in [0.29, 0.717) is 27.4 Å². The topological polar surface area (TPSA) is 60.2 Å². The Labute approximate surface area is 108 Å². The first-order valence-electron chi connectivity index (χ1n) is 4.75. The molecule has 17 heavy (non-hydrogen) atoms. The molecule has 88 valence electrons. The van der Waals surface area contributed by atoms with Crippen LogP contribution in [0.15, 0.2) is 36.5 Å². The Balaban J connectivity index is 2.25. The number of hydrogen-bond acceptors (Lipinski definition) is 4. The number of anilines is 1. The Morgan fingerprint density at radius 1 is 1.18 bits per heavy atom. The summed E-state index contributed by atoms with van der Waals surface area (Å²) in [6, 6.07) is 8.47. The molecule has 0 atom stereocenters. The molecule has 0 fully saturated rings. The Kier molecular flexibility index (Phi) is 3.68. The summed E-state index contributed by atoms with van der Waals surface area (Å²) in [6.07, 6.45) is 1.60. The normalized spacial score (nSPS) is 10.1. The van der Waals surface area contributed by atoms with E-state index in [9.17, 15) is 0 Å². The third-order valence-electron chi connectivity index (χ3n) is 2.04. The number of aromatic nitrogens is 1. The van der Waals surface area contributed by atoms with Crippen LogP contribution in [0, 0.1) is 0 Å². The van der Waals surface area contributed by atoms with Gasteiger partial charge in [-0.25, -0.2) is 4.98 Å². The van der Waals surface area contributed by atoms with Crippen LogP contribution < -0.4 is 16.0 Å². The zero-order chi connectivity index (χ0) is 12.3. The van der Waals surface area contributed by atoms with Crippen molar-refractivity contribution in [2.24, 2.45) is 5.84 Å². The molecular formula is C11H9Cl2N3O. The summed E-state index contributed by atoms with van der Waals surface area (Å²) >= 11 is 11.9. The molecule has 0 amide bonds. The highest BCUT2D eigenvalue weighted by molar-refractivity contribution is 6.33. The molecule has 0 aliphatic rings. The van der Waals surface area contributed by atoms with E-state index in [2.05, 4.69) is 10.4 Å². The van der Waals surface area contributed by atoms with Crippen molar-refractivity contribution in [3.63, 3.8) is 0 Å². The van der Waals surface area contributed by atoms with Crippen LogP contribution in [0.3, 0.4) is 0 Å². The number of nitrogens with two attached hydrogens (primary N) is 1. The fourth-order valence-electron chi connectivity index (χ4n) is 1.23. The van der Waals surface area contributed by atoms with Gasteiger partial charge in [-0.1, -0.05) is 23.2 Å². The molecule has 0 unspecified atom stereocenters. The number of rotatable bonds is 3. The maximum Gasteiger partial charge on any atom is 0.238 e. The van der Waals surface area contributed by atoms with Crippen molar-refractivity contribution in [3.05, 3.63) is 46.6 Å². The molecule has 0 saturated heterocycles. The first kappa shape index (κ1) is 12.0. The standard InChI is InChI=1S/C11H9Cl2N3O/c12-8-2-1-5-15-11(8)17-7-3-4-10(16-14)9(13)6-7/h1-6,16H,14H2. The van der Waals surface area contributed by atoms with Gasteiger partial charge in [0.15, 0.2) is 0 Å². The van der Waals surface area contributed by atoms with Gasteiger partial charge in [-0.15, -0.1) is 0 Å². The van der Waals surface area contributed by atoms with E-state index >= 15 is 0 Å². The highest BCUT2D eigenvalue weighted by Crippen LogP contribution is 2.31. The van der Waals surface area contributed by atoms with E-state index in [4.69, 9.17) is 33.8 Å². The minimum Gasteiger partial charge on any atom is -0.437 e. The Morgan fingerprint density at radius 2 is 2.00 bits per heavy atom. The van der Waals surface area contributed by atoms with Crippen LogP contribution in [-0.2, 0) is 0 Å². The molecule has 6 heteroatoms. The van der Waals surface area contributed by atoms with Crippen LogP contribution in [0.5, 0.6) is 11.6 Å². The summed E-state index contributed by atoms with van der Waals surface area (Å²) in [7, 11) is 0. The van der Waals surface area contributed by atoms with Gasteiger partial charge < -0.3 is 10.2 Å². The van der Waals surface area contributed by atoms with E-state index in [1.807, 2.05) is 0 Å². The maximum absolute atomic E-state index is 5.96. The van der Waals surface area contributed by atoms with Crippen molar-refractivity contribution in [1.82, 2.24) is 4.98 Å². The third kappa shape index (κ3) is 2.79. The molecule has 0 aliphatic carbocycles. The fraction of sp³-hybridized carbons (Fsp3) is 0. The number of benzene rings is 1. The predicted octanol–water partition coefficient (Wildman–Crippen LogP) is 3.47. The number of hydrazine groups is 1. The van der Waals surface area contributed by atoms with Crippen molar-refractivity contribution in [2.45, 2.75) is 0 Å².